The normalized spacial score (nSPS) is 14.0. The van der Waals surface area contributed by atoms with Crippen LogP contribution in [0.25, 0.3) is 5.69 Å². The van der Waals surface area contributed by atoms with Gasteiger partial charge in [0.15, 0.2) is 0 Å². The molecule has 2 aromatic heterocycles. The van der Waals surface area contributed by atoms with Crippen molar-refractivity contribution in [1.82, 2.24) is 20.0 Å². The van der Waals surface area contributed by atoms with Gasteiger partial charge in [-0.1, -0.05) is 11.6 Å². The lowest BCUT2D eigenvalue weighted by molar-refractivity contribution is -0.120. The molecule has 0 spiro atoms. The van der Waals surface area contributed by atoms with Crippen molar-refractivity contribution in [3.05, 3.63) is 68.1 Å². The Hall–Kier alpha value is -2.15. The van der Waals surface area contributed by atoms with Crippen LogP contribution in [-0.4, -0.2) is 40.2 Å². The number of benzene rings is 1. The van der Waals surface area contributed by atoms with Gasteiger partial charge in [0.2, 0.25) is 5.91 Å². The first-order valence-corrected chi connectivity index (χ1v) is 11.1. The third-order valence-electron chi connectivity index (χ3n) is 5.49. The molecule has 0 aliphatic carbocycles. The number of rotatable bonds is 6. The van der Waals surface area contributed by atoms with E-state index in [0.717, 1.165) is 48.7 Å². The molecule has 4 rings (SSSR count). The molecule has 3 heterocycles. The number of halogens is 1. The number of hydrogen-bond donors (Lipinski definition) is 1. The molecule has 0 unspecified atom stereocenters. The Morgan fingerprint density at radius 3 is 2.83 bits per heavy atom. The lowest BCUT2D eigenvalue weighted by Gasteiger charge is -2.26. The summed E-state index contributed by atoms with van der Waals surface area (Å²) in [6.07, 6.45) is 1.46. The number of aryl methyl sites for hydroxylation is 1. The van der Waals surface area contributed by atoms with Crippen LogP contribution in [0.1, 0.15) is 27.4 Å². The molecule has 0 atom stereocenters. The van der Waals surface area contributed by atoms with Gasteiger partial charge in [-0.2, -0.15) is 5.10 Å². The monoisotopic (exact) mass is 428 g/mol. The molecular weight excluding hydrogens is 404 g/mol. The molecule has 0 saturated carbocycles. The van der Waals surface area contributed by atoms with Gasteiger partial charge in [-0.25, -0.2) is 4.68 Å². The maximum Gasteiger partial charge on any atom is 0.224 e. The fourth-order valence-electron chi connectivity index (χ4n) is 3.84. The number of nitrogens with one attached hydrogen (secondary N) is 1. The van der Waals surface area contributed by atoms with Crippen molar-refractivity contribution in [2.75, 3.05) is 19.6 Å². The molecule has 0 saturated heterocycles. The largest absolute Gasteiger partial charge is 0.355 e. The Morgan fingerprint density at radius 2 is 2.03 bits per heavy atom. The summed E-state index contributed by atoms with van der Waals surface area (Å²) in [5.41, 5.74) is 5.24. The molecule has 1 aromatic carbocycles. The zero-order valence-electron chi connectivity index (χ0n) is 16.7. The molecule has 1 aliphatic rings. The zero-order chi connectivity index (χ0) is 20.4. The third-order valence-corrected chi connectivity index (χ3v) is 6.76. The maximum absolute atomic E-state index is 12.5. The summed E-state index contributed by atoms with van der Waals surface area (Å²) in [5.74, 6) is 0.0417. The van der Waals surface area contributed by atoms with Gasteiger partial charge >= 0.3 is 0 Å². The van der Waals surface area contributed by atoms with Crippen molar-refractivity contribution in [1.29, 1.82) is 0 Å². The number of carbonyl (C=O) groups is 1. The molecule has 1 amide bonds. The van der Waals surface area contributed by atoms with Crippen LogP contribution >= 0.6 is 22.9 Å². The third kappa shape index (κ3) is 4.55. The van der Waals surface area contributed by atoms with E-state index in [9.17, 15) is 4.79 Å². The number of hydrogen-bond acceptors (Lipinski definition) is 4. The fraction of sp³-hybridized carbons (Fsp3) is 0.364. The van der Waals surface area contributed by atoms with Gasteiger partial charge in [-0.05, 0) is 61.5 Å². The van der Waals surface area contributed by atoms with Crippen molar-refractivity contribution in [2.45, 2.75) is 33.2 Å². The topological polar surface area (TPSA) is 50.2 Å². The minimum atomic E-state index is 0.0417. The molecule has 29 heavy (non-hydrogen) atoms. The van der Waals surface area contributed by atoms with Gasteiger partial charge < -0.3 is 5.32 Å². The molecule has 5 nitrogen and oxygen atoms in total. The van der Waals surface area contributed by atoms with E-state index in [0.29, 0.717) is 18.0 Å². The maximum atomic E-state index is 12.5. The number of thiophene rings is 1. The number of carbonyl (C=O) groups excluding carboxylic acids is 1. The number of aromatic nitrogens is 2. The van der Waals surface area contributed by atoms with Crippen molar-refractivity contribution >= 4 is 28.8 Å². The minimum Gasteiger partial charge on any atom is -0.355 e. The molecule has 7 heteroatoms. The number of amides is 1. The molecule has 0 fully saturated rings. The number of fused-ring (bicyclic) bond motifs is 1. The predicted molar refractivity (Wildman–Crippen MR) is 118 cm³/mol. The Balaban J connectivity index is 1.32. The van der Waals surface area contributed by atoms with E-state index in [1.807, 2.05) is 54.1 Å². The SMILES string of the molecule is Cc1nn(-c2ccc(Cl)cc2)c(C)c1CC(=O)NCCN1CCc2sccc2C1. The molecule has 1 N–H and O–H groups in total. The van der Waals surface area contributed by atoms with E-state index in [4.69, 9.17) is 11.6 Å². The van der Waals surface area contributed by atoms with Crippen LogP contribution < -0.4 is 5.32 Å². The van der Waals surface area contributed by atoms with Gasteiger partial charge in [0.1, 0.15) is 0 Å². The highest BCUT2D eigenvalue weighted by Crippen LogP contribution is 2.23. The van der Waals surface area contributed by atoms with Crippen molar-refractivity contribution in [2.24, 2.45) is 0 Å². The summed E-state index contributed by atoms with van der Waals surface area (Å²) < 4.78 is 1.88. The smallest absolute Gasteiger partial charge is 0.224 e. The van der Waals surface area contributed by atoms with Gasteiger partial charge in [0.05, 0.1) is 17.8 Å². The van der Waals surface area contributed by atoms with Crippen LogP contribution in [0.5, 0.6) is 0 Å². The number of nitrogens with zero attached hydrogens (tertiary/aromatic N) is 3. The minimum absolute atomic E-state index is 0.0417. The van der Waals surface area contributed by atoms with Crippen molar-refractivity contribution < 1.29 is 4.79 Å². The Labute approximate surface area is 180 Å². The lowest BCUT2D eigenvalue weighted by Crippen LogP contribution is -2.37. The summed E-state index contributed by atoms with van der Waals surface area (Å²) in [6, 6.07) is 9.78. The van der Waals surface area contributed by atoms with Crippen LogP contribution in [0.3, 0.4) is 0 Å². The van der Waals surface area contributed by atoms with Crippen LogP contribution in [-0.2, 0) is 24.2 Å². The average molecular weight is 429 g/mol. The first-order chi connectivity index (χ1) is 14.0. The van der Waals surface area contributed by atoms with Crippen LogP contribution in [0.15, 0.2) is 35.7 Å². The second kappa shape index (κ2) is 8.69. The first-order valence-electron chi connectivity index (χ1n) is 9.86. The highest BCUT2D eigenvalue weighted by molar-refractivity contribution is 7.10. The highest BCUT2D eigenvalue weighted by atomic mass is 35.5. The lowest BCUT2D eigenvalue weighted by atomic mass is 10.1. The molecule has 0 radical (unpaired) electrons. The molecule has 1 aliphatic heterocycles. The molecule has 152 valence electrons. The van der Waals surface area contributed by atoms with Crippen LogP contribution in [0, 0.1) is 13.8 Å². The van der Waals surface area contributed by atoms with E-state index in [2.05, 4.69) is 26.8 Å². The van der Waals surface area contributed by atoms with E-state index in [1.165, 1.54) is 10.4 Å². The molecular formula is C22H25ClN4OS. The average Bonchev–Trinajstić information content (AvgIpc) is 3.28. The van der Waals surface area contributed by atoms with Crippen molar-refractivity contribution in [3.8, 4) is 5.69 Å². The summed E-state index contributed by atoms with van der Waals surface area (Å²) in [6.45, 7) is 7.55. The fourth-order valence-corrected chi connectivity index (χ4v) is 4.85. The molecule has 3 aromatic rings. The van der Waals surface area contributed by atoms with Crippen LogP contribution in [0.4, 0.5) is 0 Å². The summed E-state index contributed by atoms with van der Waals surface area (Å²) >= 11 is 7.83. The summed E-state index contributed by atoms with van der Waals surface area (Å²) in [7, 11) is 0. The van der Waals surface area contributed by atoms with E-state index in [-0.39, 0.29) is 5.91 Å². The summed E-state index contributed by atoms with van der Waals surface area (Å²) in [5, 5.41) is 10.6. The second-order valence-corrected chi connectivity index (χ2v) is 8.90. The van der Waals surface area contributed by atoms with Gasteiger partial charge in [0.25, 0.3) is 0 Å². The Bertz CT molecular complexity index is 1010. The quantitative estimate of drug-likeness (QED) is 0.647. The standard InChI is InChI=1S/C22H25ClN4OS/c1-15-20(16(2)27(25-15)19-5-3-18(23)4-6-19)13-22(28)24-9-11-26-10-7-21-17(14-26)8-12-29-21/h3-6,8,12H,7,9-11,13-14H2,1-2H3,(H,24,28). The molecule has 0 bridgehead atoms. The van der Waals surface area contributed by atoms with Gasteiger partial charge in [0, 0.05) is 47.3 Å². The Morgan fingerprint density at radius 1 is 1.24 bits per heavy atom. The zero-order valence-corrected chi connectivity index (χ0v) is 18.3. The van der Waals surface area contributed by atoms with E-state index >= 15 is 0 Å². The van der Waals surface area contributed by atoms with Crippen LogP contribution in [0.2, 0.25) is 5.02 Å². The van der Waals surface area contributed by atoms with Crippen molar-refractivity contribution in [3.63, 3.8) is 0 Å². The second-order valence-electron chi connectivity index (χ2n) is 7.46. The summed E-state index contributed by atoms with van der Waals surface area (Å²) in [4.78, 5) is 16.4. The Kier molecular flexibility index (Phi) is 6.04. The highest BCUT2D eigenvalue weighted by Gasteiger charge is 2.18. The predicted octanol–water partition coefficient (Wildman–Crippen LogP) is 3.92. The van der Waals surface area contributed by atoms with E-state index < -0.39 is 0 Å². The first kappa shape index (κ1) is 20.1. The van der Waals surface area contributed by atoms with Gasteiger partial charge in [-0.15, -0.1) is 11.3 Å². The van der Waals surface area contributed by atoms with Gasteiger partial charge in [-0.3, -0.25) is 9.69 Å². The van der Waals surface area contributed by atoms with E-state index in [1.54, 1.807) is 0 Å².